The number of carbonyl (C=O) groups excluding carboxylic acids is 1. The van der Waals surface area contributed by atoms with Crippen molar-refractivity contribution in [2.24, 2.45) is 0 Å². The van der Waals surface area contributed by atoms with Gasteiger partial charge in [0.1, 0.15) is 4.90 Å². The van der Waals surface area contributed by atoms with E-state index in [1.54, 1.807) is 0 Å². The molecule has 1 heterocycles. The van der Waals surface area contributed by atoms with Crippen molar-refractivity contribution in [1.29, 1.82) is 0 Å². The summed E-state index contributed by atoms with van der Waals surface area (Å²) in [5.74, 6) is -3.55. The Balaban J connectivity index is 2.65. The van der Waals surface area contributed by atoms with E-state index in [2.05, 4.69) is 0 Å². The number of hydrogen-bond donors (Lipinski definition) is 1. The summed E-state index contributed by atoms with van der Waals surface area (Å²) < 4.78 is 36.7. The Hall–Kier alpha value is -2.56. The summed E-state index contributed by atoms with van der Waals surface area (Å²) in [7, 11) is -4.77. The van der Waals surface area contributed by atoms with Crippen LogP contribution in [0.15, 0.2) is 23.1 Å². The van der Waals surface area contributed by atoms with Gasteiger partial charge in [0.25, 0.3) is 27.9 Å². The molecular weight excluding hydrogens is 299 g/mol. The Morgan fingerprint density at radius 1 is 1.45 bits per heavy atom. The van der Waals surface area contributed by atoms with Gasteiger partial charge in [0.15, 0.2) is 0 Å². The molecule has 0 saturated carbocycles. The van der Waals surface area contributed by atoms with Gasteiger partial charge in [-0.25, -0.2) is 17.6 Å². The molecule has 0 spiro atoms. The van der Waals surface area contributed by atoms with Crippen molar-refractivity contribution in [2.45, 2.75) is 11.2 Å². The largest absolute Gasteiger partial charge is 0.478 e. The smallest absolute Gasteiger partial charge is 0.360 e. The van der Waals surface area contributed by atoms with E-state index in [4.69, 9.17) is 5.11 Å². The number of alkyl halides is 1. The van der Waals surface area contributed by atoms with Crippen molar-refractivity contribution in [2.75, 3.05) is 0 Å². The molecule has 0 saturated heterocycles. The van der Waals surface area contributed by atoms with Gasteiger partial charge in [0.2, 0.25) is 0 Å². The molecule has 1 atom stereocenters. The van der Waals surface area contributed by atoms with Crippen LogP contribution in [0.3, 0.4) is 0 Å². The fourth-order valence-electron chi connectivity index (χ4n) is 1.67. The van der Waals surface area contributed by atoms with Gasteiger partial charge < -0.3 is 5.11 Å². The first kappa shape index (κ1) is 13.9. The van der Waals surface area contributed by atoms with Crippen LogP contribution < -0.4 is 0 Å². The lowest BCUT2D eigenvalue weighted by molar-refractivity contribution is -0.385. The van der Waals surface area contributed by atoms with Crippen LogP contribution >= 0.6 is 0 Å². The Morgan fingerprint density at radius 2 is 2.05 bits per heavy atom. The van der Waals surface area contributed by atoms with E-state index >= 15 is 0 Å². The number of benzene rings is 1. The molecule has 1 unspecified atom stereocenters. The number of nitrogens with zero attached hydrogens (tertiary/aromatic N) is 2. The van der Waals surface area contributed by atoms with Crippen LogP contribution in [0.5, 0.6) is 0 Å². The molecule has 1 N–H and O–H groups in total. The van der Waals surface area contributed by atoms with E-state index in [1.807, 2.05) is 0 Å². The Morgan fingerprint density at radius 3 is 2.55 bits per heavy atom. The molecule has 1 aromatic rings. The fourth-order valence-corrected chi connectivity index (χ4v) is 3.24. The van der Waals surface area contributed by atoms with E-state index < -0.39 is 53.6 Å². The number of halogens is 1. The molecule has 1 aliphatic heterocycles. The minimum Gasteiger partial charge on any atom is -0.478 e. The number of carboxylic acids is 1. The van der Waals surface area contributed by atoms with Gasteiger partial charge in [-0.3, -0.25) is 14.9 Å². The summed E-state index contributed by atoms with van der Waals surface area (Å²) in [6.07, 6.45) is -3.10. The molecule has 0 aromatic heterocycles. The second-order valence-corrected chi connectivity index (χ2v) is 5.50. The topological polar surface area (TPSA) is 135 Å². The van der Waals surface area contributed by atoms with E-state index in [0.29, 0.717) is 6.07 Å². The van der Waals surface area contributed by atoms with Crippen molar-refractivity contribution < 1.29 is 32.4 Å². The molecule has 106 valence electrons. The van der Waals surface area contributed by atoms with Crippen LogP contribution in [-0.2, 0) is 14.8 Å². The number of carbonyl (C=O) groups is 2. The maximum absolute atomic E-state index is 13.4. The van der Waals surface area contributed by atoms with Crippen LogP contribution in [0.4, 0.5) is 10.1 Å². The molecule has 11 heteroatoms. The fraction of sp³-hybridized carbons (Fsp3) is 0.111. The normalized spacial score (nSPS) is 17.6. The summed E-state index contributed by atoms with van der Waals surface area (Å²) >= 11 is 0. The molecule has 0 fully saturated rings. The average molecular weight is 304 g/mol. The first-order chi connectivity index (χ1) is 9.17. The molecule has 20 heavy (non-hydrogen) atoms. The predicted octanol–water partition coefficient (Wildman–Crippen LogP) is 0.119. The Bertz CT molecular complexity index is 745. The predicted molar refractivity (Wildman–Crippen MR) is 59.0 cm³/mol. The first-order valence-corrected chi connectivity index (χ1v) is 6.36. The van der Waals surface area contributed by atoms with Crippen molar-refractivity contribution in [3.8, 4) is 0 Å². The SMILES string of the molecule is O=C(O)C(F)N1C(=O)c2ccc([N+](=O)[O-])cc2S1(=O)=O. The standard InChI is InChI=1S/C9H5FN2O7S/c10-7(9(14)15)11-8(13)5-2-1-4(12(16)17)3-6(5)20(11,18)19/h1-3,7H,(H,14,15). The lowest BCUT2D eigenvalue weighted by Gasteiger charge is -2.15. The lowest BCUT2D eigenvalue weighted by atomic mass is 10.2. The molecule has 1 aliphatic rings. The summed E-state index contributed by atoms with van der Waals surface area (Å²) in [4.78, 5) is 31.1. The highest BCUT2D eigenvalue weighted by Crippen LogP contribution is 2.34. The van der Waals surface area contributed by atoms with Gasteiger partial charge in [-0.15, -0.1) is 0 Å². The molecular formula is C9H5FN2O7S. The number of rotatable bonds is 3. The maximum Gasteiger partial charge on any atom is 0.360 e. The number of nitro groups is 1. The summed E-state index contributed by atoms with van der Waals surface area (Å²) in [6, 6.07) is 2.28. The highest BCUT2D eigenvalue weighted by atomic mass is 32.2. The Labute approximate surface area is 110 Å². The van der Waals surface area contributed by atoms with Crippen LogP contribution in [0.25, 0.3) is 0 Å². The molecule has 2 rings (SSSR count). The van der Waals surface area contributed by atoms with Gasteiger partial charge in [-0.05, 0) is 6.07 Å². The number of nitro benzene ring substituents is 1. The van der Waals surface area contributed by atoms with Gasteiger partial charge in [-0.1, -0.05) is 0 Å². The molecule has 0 bridgehead atoms. The molecule has 0 aliphatic carbocycles. The number of sulfonamides is 1. The lowest BCUT2D eigenvalue weighted by Crippen LogP contribution is -2.41. The van der Waals surface area contributed by atoms with Gasteiger partial charge in [0.05, 0.1) is 10.5 Å². The van der Waals surface area contributed by atoms with Crippen LogP contribution in [0.1, 0.15) is 10.4 Å². The van der Waals surface area contributed by atoms with Crippen molar-refractivity contribution in [3.63, 3.8) is 0 Å². The molecule has 9 nitrogen and oxygen atoms in total. The number of carboxylic acid groups (broad SMARTS) is 1. The second kappa shape index (κ2) is 4.23. The monoisotopic (exact) mass is 304 g/mol. The number of non-ortho nitro benzene ring substituents is 1. The van der Waals surface area contributed by atoms with Gasteiger partial charge >= 0.3 is 5.97 Å². The maximum atomic E-state index is 13.4. The minimum atomic E-state index is -4.77. The molecule has 0 radical (unpaired) electrons. The van der Waals surface area contributed by atoms with Crippen LogP contribution in [0, 0.1) is 10.1 Å². The second-order valence-electron chi connectivity index (χ2n) is 3.72. The van der Waals surface area contributed by atoms with E-state index in [-0.39, 0.29) is 0 Å². The quantitative estimate of drug-likeness (QED) is 0.476. The number of fused-ring (bicyclic) bond motifs is 1. The molecule has 1 amide bonds. The van der Waals surface area contributed by atoms with Crippen LogP contribution in [0.2, 0.25) is 0 Å². The van der Waals surface area contributed by atoms with E-state index in [1.165, 1.54) is 0 Å². The summed E-state index contributed by atoms with van der Waals surface area (Å²) in [6.45, 7) is 0. The van der Waals surface area contributed by atoms with Gasteiger partial charge in [0, 0.05) is 12.1 Å². The third kappa shape index (κ3) is 1.79. The van der Waals surface area contributed by atoms with Crippen molar-refractivity contribution in [1.82, 2.24) is 4.31 Å². The minimum absolute atomic E-state index is 0.455. The highest BCUT2D eigenvalue weighted by Gasteiger charge is 2.48. The number of amides is 1. The third-order valence-corrected chi connectivity index (χ3v) is 4.32. The van der Waals surface area contributed by atoms with Crippen molar-refractivity contribution in [3.05, 3.63) is 33.9 Å². The van der Waals surface area contributed by atoms with Gasteiger partial charge in [-0.2, -0.15) is 4.31 Å². The summed E-state index contributed by atoms with van der Waals surface area (Å²) in [5, 5.41) is 19.0. The average Bonchev–Trinajstić information content (AvgIpc) is 2.56. The number of hydrogen-bond acceptors (Lipinski definition) is 6. The zero-order chi connectivity index (χ0) is 15.2. The number of aliphatic carboxylic acids is 1. The molecule has 1 aromatic carbocycles. The zero-order valence-corrected chi connectivity index (χ0v) is 10.2. The van der Waals surface area contributed by atoms with Crippen molar-refractivity contribution >= 4 is 27.6 Å². The summed E-state index contributed by atoms with van der Waals surface area (Å²) in [5.41, 5.74) is -1.13. The Kier molecular flexibility index (Phi) is 2.93. The van der Waals surface area contributed by atoms with E-state index in [9.17, 15) is 32.5 Å². The highest BCUT2D eigenvalue weighted by molar-refractivity contribution is 7.90. The van der Waals surface area contributed by atoms with E-state index in [0.717, 1.165) is 12.1 Å². The van der Waals surface area contributed by atoms with Crippen LogP contribution in [-0.4, -0.2) is 40.9 Å². The first-order valence-electron chi connectivity index (χ1n) is 4.92. The zero-order valence-electron chi connectivity index (χ0n) is 9.39. The third-order valence-electron chi connectivity index (χ3n) is 2.55.